The van der Waals surface area contributed by atoms with E-state index in [-0.39, 0.29) is 12.1 Å². The average Bonchev–Trinajstić information content (AvgIpc) is 2.60. The number of nitriles is 1. The van der Waals surface area contributed by atoms with Crippen molar-refractivity contribution in [2.75, 3.05) is 13.1 Å². The van der Waals surface area contributed by atoms with E-state index < -0.39 is 5.60 Å². The molecule has 1 aromatic heterocycles. The van der Waals surface area contributed by atoms with Crippen LogP contribution >= 0.6 is 0 Å². The van der Waals surface area contributed by atoms with Crippen LogP contribution in [0, 0.1) is 11.3 Å². The van der Waals surface area contributed by atoms with Gasteiger partial charge in [0.2, 0.25) is 0 Å². The van der Waals surface area contributed by atoms with Gasteiger partial charge in [-0.3, -0.25) is 4.68 Å². The second-order valence-corrected chi connectivity index (χ2v) is 5.36. The third-order valence-corrected chi connectivity index (χ3v) is 2.62. The fraction of sp³-hybridized carbons (Fsp3) is 0.583. The quantitative estimate of drug-likeness (QED) is 0.756. The molecule has 0 radical (unpaired) electrons. The Kier molecular flexibility index (Phi) is 2.99. The van der Waals surface area contributed by atoms with Gasteiger partial charge in [0.25, 0.3) is 0 Å². The molecule has 0 aromatic carbocycles. The van der Waals surface area contributed by atoms with Crippen LogP contribution in [0.25, 0.3) is 0 Å². The summed E-state index contributed by atoms with van der Waals surface area (Å²) in [6.45, 7) is 6.67. The summed E-state index contributed by atoms with van der Waals surface area (Å²) in [5, 5.41) is 12.8. The van der Waals surface area contributed by atoms with Gasteiger partial charge in [0.05, 0.1) is 17.8 Å². The molecule has 0 saturated carbocycles. The van der Waals surface area contributed by atoms with E-state index in [1.54, 1.807) is 15.8 Å². The SMILES string of the molecule is CC(C)(C)OC(=O)N1CC(n2cc(C#N)cn2)C1. The topological polar surface area (TPSA) is 71.2 Å². The van der Waals surface area contributed by atoms with Crippen LogP contribution in [-0.2, 0) is 4.74 Å². The first-order valence-corrected chi connectivity index (χ1v) is 5.81. The predicted molar refractivity (Wildman–Crippen MR) is 63.8 cm³/mol. The molecule has 0 N–H and O–H groups in total. The molecule has 6 nitrogen and oxygen atoms in total. The van der Waals surface area contributed by atoms with Crippen LogP contribution in [0.15, 0.2) is 12.4 Å². The first-order chi connectivity index (χ1) is 8.39. The number of aromatic nitrogens is 2. The second kappa shape index (κ2) is 4.33. The highest BCUT2D eigenvalue weighted by Crippen LogP contribution is 2.23. The molecule has 0 atom stereocenters. The summed E-state index contributed by atoms with van der Waals surface area (Å²) in [5.41, 5.74) is 0.0627. The molecule has 0 bridgehead atoms. The van der Waals surface area contributed by atoms with Gasteiger partial charge in [0.1, 0.15) is 11.7 Å². The number of amides is 1. The molecule has 6 heteroatoms. The van der Waals surface area contributed by atoms with E-state index in [1.165, 1.54) is 6.20 Å². The Bertz CT molecular complexity index is 489. The zero-order chi connectivity index (χ0) is 13.3. The zero-order valence-electron chi connectivity index (χ0n) is 10.8. The number of hydrogen-bond donors (Lipinski definition) is 0. The van der Waals surface area contributed by atoms with Gasteiger partial charge < -0.3 is 9.64 Å². The van der Waals surface area contributed by atoms with Crippen molar-refractivity contribution in [3.8, 4) is 6.07 Å². The number of carbonyl (C=O) groups excluding carboxylic acids is 1. The maximum atomic E-state index is 11.7. The number of likely N-dealkylation sites (tertiary alicyclic amines) is 1. The van der Waals surface area contributed by atoms with Crippen molar-refractivity contribution < 1.29 is 9.53 Å². The van der Waals surface area contributed by atoms with Crippen molar-refractivity contribution in [2.24, 2.45) is 0 Å². The van der Waals surface area contributed by atoms with Gasteiger partial charge in [0.15, 0.2) is 0 Å². The first kappa shape index (κ1) is 12.4. The second-order valence-electron chi connectivity index (χ2n) is 5.36. The first-order valence-electron chi connectivity index (χ1n) is 5.81. The summed E-state index contributed by atoms with van der Waals surface area (Å²) in [7, 11) is 0. The molecule has 0 unspecified atom stereocenters. The molecular weight excluding hydrogens is 232 g/mol. The van der Waals surface area contributed by atoms with Crippen LogP contribution in [0.1, 0.15) is 32.4 Å². The monoisotopic (exact) mass is 248 g/mol. The summed E-state index contributed by atoms with van der Waals surface area (Å²) in [6.07, 6.45) is 2.92. The zero-order valence-corrected chi connectivity index (χ0v) is 10.8. The van der Waals surface area contributed by atoms with Crippen molar-refractivity contribution >= 4 is 6.09 Å². The highest BCUT2D eigenvalue weighted by atomic mass is 16.6. The van der Waals surface area contributed by atoms with Gasteiger partial charge in [-0.1, -0.05) is 0 Å². The third kappa shape index (κ3) is 2.62. The van der Waals surface area contributed by atoms with Crippen molar-refractivity contribution in [3.63, 3.8) is 0 Å². The van der Waals surface area contributed by atoms with Gasteiger partial charge in [-0.2, -0.15) is 10.4 Å². The van der Waals surface area contributed by atoms with Crippen LogP contribution in [0.3, 0.4) is 0 Å². The van der Waals surface area contributed by atoms with Gasteiger partial charge in [-0.25, -0.2) is 4.79 Å². The molecule has 1 amide bonds. The standard InChI is InChI=1S/C12H16N4O2/c1-12(2,3)18-11(17)15-7-10(8-15)16-6-9(4-13)5-14-16/h5-6,10H,7-8H2,1-3H3. The summed E-state index contributed by atoms with van der Waals surface area (Å²) in [6, 6.07) is 2.17. The lowest BCUT2D eigenvalue weighted by Gasteiger charge is -2.39. The van der Waals surface area contributed by atoms with E-state index in [0.717, 1.165) is 0 Å². The minimum atomic E-state index is -0.470. The molecule has 2 rings (SSSR count). The Morgan fingerprint density at radius 2 is 2.22 bits per heavy atom. The fourth-order valence-corrected chi connectivity index (χ4v) is 1.69. The Morgan fingerprint density at radius 3 is 2.72 bits per heavy atom. The summed E-state index contributed by atoms with van der Waals surface area (Å²) < 4.78 is 6.98. The van der Waals surface area contributed by atoms with Gasteiger partial charge in [-0.05, 0) is 20.8 Å². The number of nitrogens with zero attached hydrogens (tertiary/aromatic N) is 4. The van der Waals surface area contributed by atoms with Gasteiger partial charge in [0, 0.05) is 19.3 Å². The summed E-state index contributed by atoms with van der Waals surface area (Å²) >= 11 is 0. The van der Waals surface area contributed by atoms with E-state index in [1.807, 2.05) is 26.8 Å². The van der Waals surface area contributed by atoms with E-state index in [4.69, 9.17) is 10.00 Å². The molecule has 1 aromatic rings. The van der Waals surface area contributed by atoms with Gasteiger partial charge >= 0.3 is 6.09 Å². The van der Waals surface area contributed by atoms with E-state index in [0.29, 0.717) is 18.7 Å². The van der Waals surface area contributed by atoms with Crippen molar-refractivity contribution in [1.82, 2.24) is 14.7 Å². The Labute approximate surface area is 106 Å². The average molecular weight is 248 g/mol. The van der Waals surface area contributed by atoms with Crippen LogP contribution in [0.5, 0.6) is 0 Å². The molecule has 0 spiro atoms. The highest BCUT2D eigenvalue weighted by Gasteiger charge is 2.35. The Balaban J connectivity index is 1.87. The van der Waals surface area contributed by atoms with E-state index in [2.05, 4.69) is 5.10 Å². The third-order valence-electron chi connectivity index (χ3n) is 2.62. The molecule has 1 aliphatic heterocycles. The molecule has 1 saturated heterocycles. The molecule has 1 aliphatic rings. The van der Waals surface area contributed by atoms with Crippen LogP contribution < -0.4 is 0 Å². The van der Waals surface area contributed by atoms with Crippen molar-refractivity contribution in [2.45, 2.75) is 32.4 Å². The van der Waals surface area contributed by atoms with Crippen LogP contribution in [-0.4, -0.2) is 39.5 Å². The Hall–Kier alpha value is -2.03. The molecule has 2 heterocycles. The maximum absolute atomic E-state index is 11.7. The normalized spacial score (nSPS) is 16.0. The molecule has 96 valence electrons. The summed E-state index contributed by atoms with van der Waals surface area (Å²) in [4.78, 5) is 13.3. The predicted octanol–water partition coefficient (Wildman–Crippen LogP) is 1.55. The summed E-state index contributed by atoms with van der Waals surface area (Å²) in [5.74, 6) is 0. The number of rotatable bonds is 1. The van der Waals surface area contributed by atoms with Crippen LogP contribution in [0.4, 0.5) is 4.79 Å². The van der Waals surface area contributed by atoms with Crippen LogP contribution in [0.2, 0.25) is 0 Å². The Morgan fingerprint density at radius 1 is 1.56 bits per heavy atom. The number of carbonyl (C=O) groups is 1. The molecular formula is C12H16N4O2. The highest BCUT2D eigenvalue weighted by molar-refractivity contribution is 5.69. The minimum absolute atomic E-state index is 0.139. The maximum Gasteiger partial charge on any atom is 0.410 e. The van der Waals surface area contributed by atoms with Crippen molar-refractivity contribution in [3.05, 3.63) is 18.0 Å². The molecule has 18 heavy (non-hydrogen) atoms. The lowest BCUT2D eigenvalue weighted by atomic mass is 10.1. The number of ether oxygens (including phenoxy) is 1. The molecule has 1 fully saturated rings. The molecule has 0 aliphatic carbocycles. The van der Waals surface area contributed by atoms with E-state index in [9.17, 15) is 4.79 Å². The van der Waals surface area contributed by atoms with E-state index >= 15 is 0 Å². The van der Waals surface area contributed by atoms with Gasteiger partial charge in [-0.15, -0.1) is 0 Å². The number of hydrogen-bond acceptors (Lipinski definition) is 4. The minimum Gasteiger partial charge on any atom is -0.444 e. The fourth-order valence-electron chi connectivity index (χ4n) is 1.69. The van der Waals surface area contributed by atoms with Crippen molar-refractivity contribution in [1.29, 1.82) is 5.26 Å². The smallest absolute Gasteiger partial charge is 0.410 e. The largest absolute Gasteiger partial charge is 0.444 e. The lowest BCUT2D eigenvalue weighted by molar-refractivity contribution is -0.000388. The lowest BCUT2D eigenvalue weighted by Crippen LogP contribution is -2.52.